The molecule has 186 valence electrons. The Hall–Kier alpha value is -3.22. The fourth-order valence-electron chi connectivity index (χ4n) is 3.86. The number of aromatic nitrogens is 2. The van der Waals surface area contributed by atoms with Gasteiger partial charge in [0.1, 0.15) is 0 Å². The van der Waals surface area contributed by atoms with Gasteiger partial charge in [0, 0.05) is 42.1 Å². The fourth-order valence-corrected chi connectivity index (χ4v) is 5.18. The molecule has 0 unspecified atom stereocenters. The summed E-state index contributed by atoms with van der Waals surface area (Å²) in [5, 5.41) is 7.44. The monoisotopic (exact) mass is 517 g/mol. The zero-order chi connectivity index (χ0) is 25.2. The predicted molar refractivity (Wildman–Crippen MR) is 135 cm³/mol. The van der Waals surface area contributed by atoms with Gasteiger partial charge in [-0.3, -0.25) is 13.6 Å². The zero-order valence-electron chi connectivity index (χ0n) is 19.6. The van der Waals surface area contributed by atoms with Gasteiger partial charge in [-0.25, -0.2) is 13.4 Å². The predicted octanol–water partition coefficient (Wildman–Crippen LogP) is 2.40. The highest BCUT2D eigenvalue weighted by atomic mass is 32.2. The van der Waals surface area contributed by atoms with Gasteiger partial charge in [-0.05, 0) is 32.0 Å². The number of morpholine rings is 1. The second-order valence-electron chi connectivity index (χ2n) is 8.47. The Kier molecular flexibility index (Phi) is 7.24. The molecule has 0 saturated carbocycles. The van der Waals surface area contributed by atoms with E-state index in [9.17, 15) is 18.0 Å². The van der Waals surface area contributed by atoms with Crippen LogP contribution in [0.5, 0.6) is 0 Å². The lowest BCUT2D eigenvalue weighted by Gasteiger charge is -2.37. The number of carbonyl (C=O) groups excluding carboxylic acids is 2. The van der Waals surface area contributed by atoms with Gasteiger partial charge in [0.2, 0.25) is 15.9 Å². The molecular weight excluding hydrogens is 490 g/mol. The number of thiazole rings is 1. The smallest absolute Gasteiger partial charge is 0.253 e. The Balaban J connectivity index is 1.35. The molecule has 1 aliphatic rings. The van der Waals surface area contributed by atoms with E-state index in [0.29, 0.717) is 5.13 Å². The normalized spacial score (nSPS) is 18.3. The van der Waals surface area contributed by atoms with Crippen molar-refractivity contribution < 1.29 is 22.7 Å². The molecule has 1 saturated heterocycles. The van der Waals surface area contributed by atoms with Gasteiger partial charge < -0.3 is 20.3 Å². The number of carbonyl (C=O) groups is 2. The first-order valence-electron chi connectivity index (χ1n) is 11.0. The second kappa shape index (κ2) is 10.2. The molecule has 3 aromatic rings. The summed E-state index contributed by atoms with van der Waals surface area (Å²) in [5.74, 6) is -0.988. The van der Waals surface area contributed by atoms with Crippen molar-refractivity contribution in [2.45, 2.75) is 26.1 Å². The van der Waals surface area contributed by atoms with Gasteiger partial charge in [0.15, 0.2) is 5.13 Å². The second-order valence-corrected chi connectivity index (χ2v) is 11.2. The van der Waals surface area contributed by atoms with Crippen LogP contribution in [0, 0.1) is 0 Å². The molecule has 12 heteroatoms. The molecule has 0 spiro atoms. The lowest BCUT2D eigenvalue weighted by molar-refractivity contribution is -0.115. The van der Waals surface area contributed by atoms with E-state index in [-0.39, 0.29) is 24.3 Å². The highest BCUT2D eigenvalue weighted by molar-refractivity contribution is 7.89. The van der Waals surface area contributed by atoms with Crippen LogP contribution in [0.15, 0.2) is 48.1 Å². The van der Waals surface area contributed by atoms with Crippen molar-refractivity contribution in [2.24, 2.45) is 0 Å². The van der Waals surface area contributed by atoms with Crippen LogP contribution in [0.4, 0.5) is 10.8 Å². The van der Waals surface area contributed by atoms with Crippen molar-refractivity contribution in [2.75, 3.05) is 36.1 Å². The highest BCUT2D eigenvalue weighted by Crippen LogP contribution is 2.29. The minimum Gasteiger partial charge on any atom is -0.372 e. The number of ether oxygens (including phenoxy) is 1. The van der Waals surface area contributed by atoms with Gasteiger partial charge in [-0.1, -0.05) is 12.1 Å². The summed E-state index contributed by atoms with van der Waals surface area (Å²) >= 11 is 1.29. The minimum atomic E-state index is -3.48. The maximum Gasteiger partial charge on any atom is 0.253 e. The number of anilines is 2. The van der Waals surface area contributed by atoms with Gasteiger partial charge in [-0.15, -0.1) is 11.3 Å². The third kappa shape index (κ3) is 6.27. The third-order valence-electron chi connectivity index (χ3n) is 5.40. The number of rotatable bonds is 7. The summed E-state index contributed by atoms with van der Waals surface area (Å²) in [6.07, 6.45) is 3.82. The average Bonchev–Trinajstić information content (AvgIpc) is 3.47. The van der Waals surface area contributed by atoms with Crippen molar-refractivity contribution in [1.82, 2.24) is 14.3 Å². The molecular formula is C23H27N5O5S2. The van der Waals surface area contributed by atoms with Crippen molar-refractivity contribution in [3.8, 4) is 11.3 Å². The fraction of sp³-hybridized carbons (Fsp3) is 0.348. The van der Waals surface area contributed by atoms with Crippen molar-refractivity contribution in [1.29, 1.82) is 0 Å². The van der Waals surface area contributed by atoms with Crippen molar-refractivity contribution in [3.05, 3.63) is 53.7 Å². The summed E-state index contributed by atoms with van der Waals surface area (Å²) in [7, 11) is -3.48. The molecule has 1 aromatic carbocycles. The van der Waals surface area contributed by atoms with Gasteiger partial charge >= 0.3 is 0 Å². The number of amides is 2. The van der Waals surface area contributed by atoms with E-state index >= 15 is 0 Å². The zero-order valence-corrected chi connectivity index (χ0v) is 21.2. The quantitative estimate of drug-likeness (QED) is 0.493. The molecule has 2 amide bonds. The number of benzene rings is 1. The maximum absolute atomic E-state index is 12.3. The van der Waals surface area contributed by atoms with E-state index in [1.54, 1.807) is 0 Å². The van der Waals surface area contributed by atoms with E-state index in [1.807, 2.05) is 17.5 Å². The van der Waals surface area contributed by atoms with Gasteiger partial charge in [0.25, 0.3) is 5.91 Å². The Morgan fingerprint density at radius 3 is 2.63 bits per heavy atom. The van der Waals surface area contributed by atoms with Crippen LogP contribution in [0.25, 0.3) is 11.3 Å². The Morgan fingerprint density at radius 2 is 1.94 bits per heavy atom. The van der Waals surface area contributed by atoms with Crippen molar-refractivity contribution >= 4 is 44.0 Å². The largest absolute Gasteiger partial charge is 0.372 e. The molecule has 2 atom stereocenters. The molecule has 3 heterocycles. The van der Waals surface area contributed by atoms with E-state index < -0.39 is 21.8 Å². The number of nitrogens with one attached hydrogen (secondary N) is 2. The summed E-state index contributed by atoms with van der Waals surface area (Å²) in [6.45, 7) is 5.49. The number of hydrogen-bond donors (Lipinski definition) is 2. The molecule has 0 radical (unpaired) electrons. The molecule has 4 rings (SSSR count). The Labute approximate surface area is 208 Å². The molecule has 1 fully saturated rings. The van der Waals surface area contributed by atoms with E-state index in [2.05, 4.69) is 46.5 Å². The van der Waals surface area contributed by atoms with Crippen LogP contribution in [0.3, 0.4) is 0 Å². The summed E-state index contributed by atoms with van der Waals surface area (Å²) < 4.78 is 29.8. The van der Waals surface area contributed by atoms with Crippen LogP contribution in [-0.2, 0) is 19.6 Å². The molecule has 10 nitrogen and oxygen atoms in total. The standard InChI is InChI=1S/C23H27N5O5S2/c1-15-11-27(12-16(2)33-15)19-6-4-5-17(9-19)20-14-34-23(25-20)26-21(29)10-24-22(30)18-7-8-28(13-18)35(3,31)32/h4-9,13-16H,10-12H2,1-3H3,(H,24,30)(H,25,26,29)/t15-,16+. The first-order chi connectivity index (χ1) is 16.6. The summed E-state index contributed by atoms with van der Waals surface area (Å²) in [4.78, 5) is 31.3. The average molecular weight is 518 g/mol. The first-order valence-corrected chi connectivity index (χ1v) is 13.7. The topological polar surface area (TPSA) is 123 Å². The third-order valence-corrected chi connectivity index (χ3v) is 7.15. The van der Waals surface area contributed by atoms with E-state index in [0.717, 1.165) is 40.3 Å². The van der Waals surface area contributed by atoms with E-state index in [4.69, 9.17) is 4.74 Å². The van der Waals surface area contributed by atoms with Gasteiger partial charge in [-0.2, -0.15) is 0 Å². The summed E-state index contributed by atoms with van der Waals surface area (Å²) in [5.41, 5.74) is 2.92. The minimum absolute atomic E-state index is 0.142. The van der Waals surface area contributed by atoms with Crippen LogP contribution in [0.1, 0.15) is 24.2 Å². The molecule has 0 bridgehead atoms. The van der Waals surface area contributed by atoms with E-state index in [1.165, 1.54) is 29.8 Å². The molecule has 35 heavy (non-hydrogen) atoms. The SMILES string of the molecule is C[C@@H]1CN(c2cccc(-c3csc(NC(=O)CNC(=O)c4ccn(S(C)(=O)=O)c4)n3)c2)C[C@H](C)O1. The Morgan fingerprint density at radius 1 is 1.20 bits per heavy atom. The van der Waals surface area contributed by atoms with Crippen LogP contribution < -0.4 is 15.5 Å². The Bertz CT molecular complexity index is 1320. The van der Waals surface area contributed by atoms with Crippen LogP contribution in [-0.4, -0.2) is 67.3 Å². The van der Waals surface area contributed by atoms with Crippen LogP contribution in [0.2, 0.25) is 0 Å². The number of hydrogen-bond acceptors (Lipinski definition) is 8. The van der Waals surface area contributed by atoms with Gasteiger partial charge in [0.05, 0.1) is 36.3 Å². The molecule has 2 N–H and O–H groups in total. The summed E-state index contributed by atoms with van der Waals surface area (Å²) in [6, 6.07) is 9.47. The van der Waals surface area contributed by atoms with Crippen molar-refractivity contribution in [3.63, 3.8) is 0 Å². The maximum atomic E-state index is 12.3. The first kappa shape index (κ1) is 24.9. The highest BCUT2D eigenvalue weighted by Gasteiger charge is 2.22. The number of nitrogens with zero attached hydrogens (tertiary/aromatic N) is 3. The lowest BCUT2D eigenvalue weighted by Crippen LogP contribution is -2.45. The molecule has 2 aromatic heterocycles. The molecule has 0 aliphatic carbocycles. The lowest BCUT2D eigenvalue weighted by atomic mass is 10.1. The molecule has 1 aliphatic heterocycles. The van der Waals surface area contributed by atoms with Crippen LogP contribution >= 0.6 is 11.3 Å².